The maximum Gasteiger partial charge on any atom is 0.264 e. The van der Waals surface area contributed by atoms with Gasteiger partial charge in [0.25, 0.3) is 5.91 Å². The Hall–Kier alpha value is -1.73. The Bertz CT molecular complexity index is 754. The molecular weight excluding hydrogens is 324 g/mol. The summed E-state index contributed by atoms with van der Waals surface area (Å²) in [6.07, 6.45) is 3.19. The van der Waals surface area contributed by atoms with E-state index in [0.717, 1.165) is 29.5 Å². The minimum atomic E-state index is -0.248. The van der Waals surface area contributed by atoms with E-state index in [2.05, 4.69) is 28.2 Å². The summed E-state index contributed by atoms with van der Waals surface area (Å²) in [5, 5.41) is 7.01. The van der Waals surface area contributed by atoms with Crippen molar-refractivity contribution in [3.63, 3.8) is 0 Å². The molecule has 0 unspecified atom stereocenters. The van der Waals surface area contributed by atoms with E-state index in [0.29, 0.717) is 25.5 Å². The average molecular weight is 346 g/mol. The van der Waals surface area contributed by atoms with Gasteiger partial charge in [0.2, 0.25) is 0 Å². The molecule has 0 spiro atoms. The van der Waals surface area contributed by atoms with Crippen LogP contribution in [0.4, 0.5) is 0 Å². The molecule has 0 saturated carbocycles. The molecule has 0 radical (unpaired) electrons. The predicted octanol–water partition coefficient (Wildman–Crippen LogP) is 2.51. The Labute approximate surface area is 145 Å². The first-order chi connectivity index (χ1) is 11.6. The molecule has 1 aliphatic heterocycles. The minimum Gasteiger partial charge on any atom is -0.366 e. The first-order valence-corrected chi connectivity index (χ1v) is 9.33. The van der Waals surface area contributed by atoms with Crippen LogP contribution >= 0.6 is 11.3 Å². The maximum absolute atomic E-state index is 12.9. The Morgan fingerprint density at radius 2 is 2.38 bits per heavy atom. The van der Waals surface area contributed by atoms with Gasteiger partial charge in [0.05, 0.1) is 18.0 Å². The molecule has 7 heteroatoms. The molecule has 2 aromatic heterocycles. The molecule has 6 nitrogen and oxygen atoms in total. The van der Waals surface area contributed by atoms with Gasteiger partial charge in [-0.15, -0.1) is 11.3 Å². The molecule has 2 aromatic rings. The van der Waals surface area contributed by atoms with Crippen LogP contribution in [0.5, 0.6) is 0 Å². The molecule has 128 valence electrons. The van der Waals surface area contributed by atoms with Crippen molar-refractivity contribution in [2.24, 2.45) is 5.92 Å². The van der Waals surface area contributed by atoms with E-state index in [1.54, 1.807) is 11.3 Å². The van der Waals surface area contributed by atoms with Gasteiger partial charge in [-0.3, -0.25) is 9.89 Å². The largest absolute Gasteiger partial charge is 0.366 e. The SMILES string of the molecule is Cc1nc([C@@H]2CN(C(=O)c3cc4c(s3)CC[C@@H](C)C4)CCO2)n[nH]1. The zero-order valence-corrected chi connectivity index (χ0v) is 14.9. The fraction of sp³-hybridized carbons (Fsp3) is 0.588. The number of ether oxygens (including phenoxy) is 1. The molecular formula is C17H22N4O2S. The van der Waals surface area contributed by atoms with Crippen LogP contribution in [-0.2, 0) is 17.6 Å². The van der Waals surface area contributed by atoms with E-state index in [9.17, 15) is 4.79 Å². The predicted molar refractivity (Wildman–Crippen MR) is 91.2 cm³/mol. The van der Waals surface area contributed by atoms with Gasteiger partial charge in [0, 0.05) is 11.4 Å². The Balaban J connectivity index is 1.50. The van der Waals surface area contributed by atoms with E-state index < -0.39 is 0 Å². The highest BCUT2D eigenvalue weighted by atomic mass is 32.1. The molecule has 4 rings (SSSR count). The van der Waals surface area contributed by atoms with E-state index >= 15 is 0 Å². The number of rotatable bonds is 2. The number of aromatic nitrogens is 3. The lowest BCUT2D eigenvalue weighted by atomic mass is 9.90. The minimum absolute atomic E-state index is 0.114. The number of nitrogens with zero attached hydrogens (tertiary/aromatic N) is 3. The summed E-state index contributed by atoms with van der Waals surface area (Å²) < 4.78 is 5.75. The Kier molecular flexibility index (Phi) is 4.14. The topological polar surface area (TPSA) is 71.1 Å². The number of nitrogens with one attached hydrogen (secondary N) is 1. The van der Waals surface area contributed by atoms with E-state index in [-0.39, 0.29) is 12.0 Å². The molecule has 1 fully saturated rings. The Morgan fingerprint density at radius 1 is 1.50 bits per heavy atom. The number of aryl methyl sites for hydroxylation is 2. The van der Waals surface area contributed by atoms with E-state index in [1.165, 1.54) is 16.9 Å². The van der Waals surface area contributed by atoms with Crippen molar-refractivity contribution in [1.82, 2.24) is 20.1 Å². The van der Waals surface area contributed by atoms with Crippen molar-refractivity contribution in [3.05, 3.63) is 33.0 Å². The van der Waals surface area contributed by atoms with Crippen molar-refractivity contribution in [3.8, 4) is 0 Å². The number of fused-ring (bicyclic) bond motifs is 1. The van der Waals surface area contributed by atoms with Crippen molar-refractivity contribution in [2.45, 2.75) is 39.2 Å². The second-order valence-corrected chi connectivity index (χ2v) is 7.93. The zero-order chi connectivity index (χ0) is 16.7. The lowest BCUT2D eigenvalue weighted by Gasteiger charge is -2.31. The third-order valence-electron chi connectivity index (χ3n) is 4.80. The highest BCUT2D eigenvalue weighted by Gasteiger charge is 2.30. The van der Waals surface area contributed by atoms with Crippen LogP contribution in [0.3, 0.4) is 0 Å². The lowest BCUT2D eigenvalue weighted by Crippen LogP contribution is -2.42. The van der Waals surface area contributed by atoms with Crippen LogP contribution in [0.25, 0.3) is 0 Å². The second kappa shape index (κ2) is 6.29. The van der Waals surface area contributed by atoms with Gasteiger partial charge in [-0.05, 0) is 43.7 Å². The summed E-state index contributed by atoms with van der Waals surface area (Å²) in [4.78, 5) is 21.4. The van der Waals surface area contributed by atoms with Gasteiger partial charge in [0.15, 0.2) is 5.82 Å². The standard InChI is InChI=1S/C17H22N4O2S/c1-10-3-4-14-12(7-10)8-15(24-14)17(22)21-5-6-23-13(9-21)16-18-11(2)19-20-16/h8,10,13H,3-7,9H2,1-2H3,(H,18,19,20)/t10-,13+/m1/s1. The highest BCUT2D eigenvalue weighted by molar-refractivity contribution is 7.14. The molecule has 1 aliphatic carbocycles. The smallest absolute Gasteiger partial charge is 0.264 e. The molecule has 3 heterocycles. The fourth-order valence-corrected chi connectivity index (χ4v) is 4.64. The molecule has 24 heavy (non-hydrogen) atoms. The number of aromatic amines is 1. The summed E-state index contributed by atoms with van der Waals surface area (Å²) in [5.74, 6) is 2.22. The number of hydrogen-bond acceptors (Lipinski definition) is 5. The molecule has 1 N–H and O–H groups in total. The van der Waals surface area contributed by atoms with Gasteiger partial charge in [-0.1, -0.05) is 6.92 Å². The number of thiophene rings is 1. The van der Waals surface area contributed by atoms with Gasteiger partial charge >= 0.3 is 0 Å². The number of morpholine rings is 1. The first-order valence-electron chi connectivity index (χ1n) is 8.51. The Morgan fingerprint density at radius 3 is 3.17 bits per heavy atom. The van der Waals surface area contributed by atoms with Crippen LogP contribution in [0.15, 0.2) is 6.07 Å². The van der Waals surface area contributed by atoms with E-state index in [4.69, 9.17) is 4.74 Å². The quantitative estimate of drug-likeness (QED) is 0.907. The highest BCUT2D eigenvalue weighted by Crippen LogP contribution is 2.33. The number of hydrogen-bond donors (Lipinski definition) is 1. The summed E-state index contributed by atoms with van der Waals surface area (Å²) in [6, 6.07) is 2.11. The first kappa shape index (κ1) is 15.8. The molecule has 2 atom stereocenters. The normalized spacial score (nSPS) is 24.0. The fourth-order valence-electron chi connectivity index (χ4n) is 3.46. The van der Waals surface area contributed by atoms with Crippen molar-refractivity contribution in [2.75, 3.05) is 19.7 Å². The summed E-state index contributed by atoms with van der Waals surface area (Å²) in [5.41, 5.74) is 1.37. The summed E-state index contributed by atoms with van der Waals surface area (Å²) in [7, 11) is 0. The lowest BCUT2D eigenvalue weighted by molar-refractivity contribution is -0.0265. The van der Waals surface area contributed by atoms with Crippen LogP contribution in [0, 0.1) is 12.8 Å². The van der Waals surface area contributed by atoms with Gasteiger partial charge in [-0.2, -0.15) is 5.10 Å². The van der Waals surface area contributed by atoms with Crippen LogP contribution in [0.1, 0.15) is 51.2 Å². The van der Waals surface area contributed by atoms with Gasteiger partial charge in [-0.25, -0.2) is 4.98 Å². The molecule has 1 amide bonds. The maximum atomic E-state index is 12.9. The van der Waals surface area contributed by atoms with Crippen LogP contribution in [-0.4, -0.2) is 45.7 Å². The molecule has 2 aliphatic rings. The van der Waals surface area contributed by atoms with E-state index in [1.807, 2.05) is 11.8 Å². The third-order valence-corrected chi connectivity index (χ3v) is 6.02. The third kappa shape index (κ3) is 2.98. The number of amides is 1. The summed E-state index contributed by atoms with van der Waals surface area (Å²) in [6.45, 7) is 5.80. The number of carbonyl (C=O) groups is 1. The number of H-pyrrole nitrogens is 1. The van der Waals surface area contributed by atoms with Crippen LogP contribution in [0.2, 0.25) is 0 Å². The van der Waals surface area contributed by atoms with Gasteiger partial charge < -0.3 is 9.64 Å². The van der Waals surface area contributed by atoms with Crippen molar-refractivity contribution >= 4 is 17.2 Å². The molecule has 0 bridgehead atoms. The monoisotopic (exact) mass is 346 g/mol. The summed E-state index contributed by atoms with van der Waals surface area (Å²) >= 11 is 1.67. The molecule has 0 aromatic carbocycles. The van der Waals surface area contributed by atoms with Gasteiger partial charge in [0.1, 0.15) is 11.9 Å². The second-order valence-electron chi connectivity index (χ2n) is 6.80. The van der Waals surface area contributed by atoms with Crippen molar-refractivity contribution < 1.29 is 9.53 Å². The van der Waals surface area contributed by atoms with Crippen LogP contribution < -0.4 is 0 Å². The number of carbonyl (C=O) groups excluding carboxylic acids is 1. The molecule has 1 saturated heterocycles. The van der Waals surface area contributed by atoms with Crippen molar-refractivity contribution in [1.29, 1.82) is 0 Å². The zero-order valence-electron chi connectivity index (χ0n) is 14.0. The average Bonchev–Trinajstić information content (AvgIpc) is 3.20.